The van der Waals surface area contributed by atoms with Gasteiger partial charge in [-0.15, -0.1) is 10.2 Å². The molecule has 0 amide bonds. The largest absolute Gasteiger partial charge is 0.497 e. The first-order chi connectivity index (χ1) is 11.8. The number of hydrogen-bond acceptors (Lipinski definition) is 5. The van der Waals surface area contributed by atoms with Crippen molar-refractivity contribution in [1.82, 2.24) is 10.2 Å². The Morgan fingerprint density at radius 1 is 0.833 bits per heavy atom. The predicted molar refractivity (Wildman–Crippen MR) is 92.1 cm³/mol. The summed E-state index contributed by atoms with van der Waals surface area (Å²) in [5.74, 6) is 2.61. The zero-order chi connectivity index (χ0) is 16.8. The summed E-state index contributed by atoms with van der Waals surface area (Å²) in [7, 11) is 1.63. The highest BCUT2D eigenvalue weighted by molar-refractivity contribution is 5.59. The lowest BCUT2D eigenvalue weighted by Gasteiger charge is -2.05. The van der Waals surface area contributed by atoms with E-state index in [9.17, 15) is 0 Å². The Morgan fingerprint density at radius 2 is 1.38 bits per heavy atom. The average molecular weight is 324 g/mol. The second kappa shape index (κ2) is 7.64. The van der Waals surface area contributed by atoms with Gasteiger partial charge in [-0.25, -0.2) is 0 Å². The van der Waals surface area contributed by atoms with Crippen molar-refractivity contribution in [3.8, 4) is 34.4 Å². The average Bonchev–Trinajstić information content (AvgIpc) is 3.13. The first kappa shape index (κ1) is 16.1. The van der Waals surface area contributed by atoms with E-state index in [4.69, 9.17) is 13.9 Å². The van der Waals surface area contributed by atoms with E-state index in [0.717, 1.165) is 42.1 Å². The van der Waals surface area contributed by atoms with Crippen LogP contribution >= 0.6 is 0 Å². The molecule has 24 heavy (non-hydrogen) atoms. The molecule has 0 atom stereocenters. The number of methoxy groups -OCH3 is 1. The third-order valence-electron chi connectivity index (χ3n) is 3.63. The Labute approximate surface area is 141 Å². The SMILES string of the molecule is CCCCOc1ccc(-c2nnc(-c3ccc(OC)cc3)o2)cc1. The molecule has 5 heteroatoms. The minimum Gasteiger partial charge on any atom is -0.497 e. The number of benzene rings is 2. The summed E-state index contributed by atoms with van der Waals surface area (Å²) in [5.41, 5.74) is 1.72. The Balaban J connectivity index is 1.72. The van der Waals surface area contributed by atoms with Crippen molar-refractivity contribution < 1.29 is 13.9 Å². The highest BCUT2D eigenvalue weighted by Gasteiger charge is 2.10. The van der Waals surface area contributed by atoms with Crippen LogP contribution in [0.5, 0.6) is 11.5 Å². The van der Waals surface area contributed by atoms with Gasteiger partial charge >= 0.3 is 0 Å². The van der Waals surface area contributed by atoms with Crippen LogP contribution in [-0.2, 0) is 0 Å². The Morgan fingerprint density at radius 3 is 1.88 bits per heavy atom. The van der Waals surface area contributed by atoms with Gasteiger partial charge in [0.05, 0.1) is 13.7 Å². The fraction of sp³-hybridized carbons (Fsp3) is 0.263. The van der Waals surface area contributed by atoms with Gasteiger partial charge < -0.3 is 13.9 Å². The van der Waals surface area contributed by atoms with E-state index >= 15 is 0 Å². The predicted octanol–water partition coefficient (Wildman–Crippen LogP) is 4.59. The summed E-state index contributed by atoms with van der Waals surface area (Å²) in [5, 5.41) is 8.23. The second-order valence-electron chi connectivity index (χ2n) is 5.37. The van der Waals surface area contributed by atoms with Crippen LogP contribution in [0.1, 0.15) is 19.8 Å². The molecule has 1 aromatic heterocycles. The van der Waals surface area contributed by atoms with Crippen LogP contribution in [0.25, 0.3) is 22.9 Å². The number of aromatic nitrogens is 2. The molecule has 0 unspecified atom stereocenters. The van der Waals surface area contributed by atoms with Gasteiger partial charge in [-0.3, -0.25) is 0 Å². The van der Waals surface area contributed by atoms with Crippen molar-refractivity contribution in [3.05, 3.63) is 48.5 Å². The summed E-state index contributed by atoms with van der Waals surface area (Å²) < 4.78 is 16.6. The van der Waals surface area contributed by atoms with E-state index in [1.54, 1.807) is 7.11 Å². The Kier molecular flexibility index (Phi) is 5.11. The summed E-state index contributed by atoms with van der Waals surface area (Å²) >= 11 is 0. The van der Waals surface area contributed by atoms with Gasteiger partial charge in [-0.05, 0) is 55.0 Å². The van der Waals surface area contributed by atoms with Gasteiger partial charge in [0.2, 0.25) is 11.8 Å². The van der Waals surface area contributed by atoms with Crippen molar-refractivity contribution >= 4 is 0 Å². The fourth-order valence-electron chi connectivity index (χ4n) is 2.22. The van der Waals surface area contributed by atoms with Crippen molar-refractivity contribution in [2.24, 2.45) is 0 Å². The van der Waals surface area contributed by atoms with Crippen LogP contribution in [-0.4, -0.2) is 23.9 Å². The lowest BCUT2D eigenvalue weighted by Crippen LogP contribution is -1.95. The van der Waals surface area contributed by atoms with Gasteiger partial charge in [0.1, 0.15) is 11.5 Å². The summed E-state index contributed by atoms with van der Waals surface area (Å²) in [4.78, 5) is 0. The molecule has 124 valence electrons. The van der Waals surface area contributed by atoms with Crippen molar-refractivity contribution in [2.75, 3.05) is 13.7 Å². The Hall–Kier alpha value is -2.82. The van der Waals surface area contributed by atoms with Crippen LogP contribution in [0.4, 0.5) is 0 Å². The maximum absolute atomic E-state index is 5.76. The molecule has 0 N–H and O–H groups in total. The molecule has 3 aromatic rings. The van der Waals surface area contributed by atoms with E-state index in [1.807, 2.05) is 48.5 Å². The highest BCUT2D eigenvalue weighted by atomic mass is 16.5. The topological polar surface area (TPSA) is 57.4 Å². The van der Waals surface area contributed by atoms with Crippen LogP contribution in [0.3, 0.4) is 0 Å². The Bertz CT molecular complexity index is 764. The number of nitrogens with zero attached hydrogens (tertiary/aromatic N) is 2. The quantitative estimate of drug-likeness (QED) is 0.595. The van der Waals surface area contributed by atoms with E-state index in [2.05, 4.69) is 17.1 Å². The monoisotopic (exact) mass is 324 g/mol. The summed E-state index contributed by atoms with van der Waals surface area (Å²) in [6.45, 7) is 2.88. The fourth-order valence-corrected chi connectivity index (χ4v) is 2.22. The molecule has 0 radical (unpaired) electrons. The lowest BCUT2D eigenvalue weighted by atomic mass is 10.2. The molecular weight excluding hydrogens is 304 g/mol. The number of hydrogen-bond donors (Lipinski definition) is 0. The minimum absolute atomic E-state index is 0.482. The highest BCUT2D eigenvalue weighted by Crippen LogP contribution is 2.26. The van der Waals surface area contributed by atoms with E-state index in [1.165, 1.54) is 0 Å². The van der Waals surface area contributed by atoms with Gasteiger partial charge in [-0.2, -0.15) is 0 Å². The summed E-state index contributed by atoms with van der Waals surface area (Å²) in [6, 6.07) is 15.2. The molecule has 0 aliphatic rings. The van der Waals surface area contributed by atoms with Gasteiger partial charge in [0, 0.05) is 11.1 Å². The van der Waals surface area contributed by atoms with Crippen LogP contribution in [0, 0.1) is 0 Å². The molecule has 0 bridgehead atoms. The van der Waals surface area contributed by atoms with Crippen molar-refractivity contribution in [3.63, 3.8) is 0 Å². The molecule has 0 fully saturated rings. The second-order valence-corrected chi connectivity index (χ2v) is 5.37. The molecule has 1 heterocycles. The third-order valence-corrected chi connectivity index (χ3v) is 3.63. The summed E-state index contributed by atoms with van der Waals surface area (Å²) in [6.07, 6.45) is 2.17. The van der Waals surface area contributed by atoms with Crippen LogP contribution < -0.4 is 9.47 Å². The molecule has 0 saturated carbocycles. The molecule has 0 aliphatic heterocycles. The number of rotatable bonds is 7. The van der Waals surface area contributed by atoms with Gasteiger partial charge in [0.15, 0.2) is 0 Å². The zero-order valence-corrected chi connectivity index (χ0v) is 13.9. The third kappa shape index (κ3) is 3.74. The van der Waals surface area contributed by atoms with Gasteiger partial charge in [-0.1, -0.05) is 13.3 Å². The molecule has 3 rings (SSSR count). The van der Waals surface area contributed by atoms with Crippen molar-refractivity contribution in [2.45, 2.75) is 19.8 Å². The molecule has 0 aliphatic carbocycles. The van der Waals surface area contributed by atoms with Crippen LogP contribution in [0.15, 0.2) is 52.9 Å². The molecule has 0 saturated heterocycles. The first-order valence-electron chi connectivity index (χ1n) is 8.01. The lowest BCUT2D eigenvalue weighted by molar-refractivity contribution is 0.309. The maximum atomic E-state index is 5.76. The molecule has 5 nitrogen and oxygen atoms in total. The van der Waals surface area contributed by atoms with E-state index < -0.39 is 0 Å². The van der Waals surface area contributed by atoms with Crippen LogP contribution in [0.2, 0.25) is 0 Å². The minimum atomic E-state index is 0.482. The molecule has 0 spiro atoms. The standard InChI is InChI=1S/C19H20N2O3/c1-3-4-13-23-17-11-7-15(8-12-17)19-21-20-18(24-19)14-5-9-16(22-2)10-6-14/h5-12H,3-4,13H2,1-2H3. The smallest absolute Gasteiger partial charge is 0.248 e. The normalized spacial score (nSPS) is 10.6. The first-order valence-corrected chi connectivity index (χ1v) is 8.01. The van der Waals surface area contributed by atoms with Gasteiger partial charge in [0.25, 0.3) is 0 Å². The molecule has 2 aromatic carbocycles. The number of unbranched alkanes of at least 4 members (excludes halogenated alkanes) is 1. The zero-order valence-electron chi connectivity index (χ0n) is 13.9. The number of ether oxygens (including phenoxy) is 2. The van der Waals surface area contributed by atoms with E-state index in [-0.39, 0.29) is 0 Å². The van der Waals surface area contributed by atoms with Crippen molar-refractivity contribution in [1.29, 1.82) is 0 Å². The maximum Gasteiger partial charge on any atom is 0.248 e. The molecular formula is C19H20N2O3. The van der Waals surface area contributed by atoms with E-state index in [0.29, 0.717) is 11.8 Å².